The van der Waals surface area contributed by atoms with E-state index in [0.29, 0.717) is 6.20 Å². The van der Waals surface area contributed by atoms with Gasteiger partial charge in [-0.25, -0.2) is 16.8 Å². The number of benzene rings is 1. The van der Waals surface area contributed by atoms with Crippen LogP contribution in [-0.4, -0.2) is 33.3 Å². The molecule has 1 heterocycles. The van der Waals surface area contributed by atoms with Gasteiger partial charge in [-0.2, -0.15) is 22.1 Å². The lowest BCUT2D eigenvalue weighted by Gasteiger charge is -2.23. The van der Waals surface area contributed by atoms with Crippen LogP contribution in [0.4, 0.5) is 18.9 Å². The molecule has 2 aromatic rings. The number of hydrogen-bond donors (Lipinski definition) is 0. The summed E-state index contributed by atoms with van der Waals surface area (Å²) >= 11 is 5.99. The van der Waals surface area contributed by atoms with Crippen molar-refractivity contribution in [2.24, 2.45) is 0 Å². The number of pyridine rings is 1. The summed E-state index contributed by atoms with van der Waals surface area (Å²) in [4.78, 5) is 3.67. The zero-order valence-electron chi connectivity index (χ0n) is 15.6. The van der Waals surface area contributed by atoms with Gasteiger partial charge in [-0.05, 0) is 26.0 Å². The highest BCUT2D eigenvalue weighted by Crippen LogP contribution is 2.38. The van der Waals surface area contributed by atoms with Crippen LogP contribution in [0, 0.1) is 11.3 Å². The van der Waals surface area contributed by atoms with Crippen LogP contribution in [0.5, 0.6) is 0 Å². The smallest absolute Gasteiger partial charge is 0.254 e. The maximum absolute atomic E-state index is 13.1. The number of anilines is 1. The van der Waals surface area contributed by atoms with E-state index in [-0.39, 0.29) is 20.7 Å². The lowest BCUT2D eigenvalue weighted by atomic mass is 10.0. The standard InChI is InChI=1S/C17H15ClF3N3O4S2/c1-3-29(25,26)24(30(27,28)4-2)12-7-5-6-11(8-12)16-15(18)13(9-22)14(10-23-16)17(19,20)21/h5-8,10H,3-4H2,1-2H3. The molecule has 2 rings (SSSR count). The molecule has 0 amide bonds. The Morgan fingerprint density at radius 1 is 1.13 bits per heavy atom. The average molecular weight is 482 g/mol. The van der Waals surface area contributed by atoms with E-state index in [1.54, 1.807) is 0 Å². The van der Waals surface area contributed by atoms with Gasteiger partial charge in [0.15, 0.2) is 0 Å². The Morgan fingerprint density at radius 3 is 2.17 bits per heavy atom. The molecule has 13 heteroatoms. The normalized spacial score (nSPS) is 12.4. The van der Waals surface area contributed by atoms with Crippen LogP contribution in [0.3, 0.4) is 0 Å². The van der Waals surface area contributed by atoms with Crippen molar-refractivity contribution in [2.75, 3.05) is 15.2 Å². The van der Waals surface area contributed by atoms with E-state index >= 15 is 0 Å². The molecule has 0 bridgehead atoms. The van der Waals surface area contributed by atoms with Gasteiger partial charge in [0.25, 0.3) is 0 Å². The van der Waals surface area contributed by atoms with Crippen molar-refractivity contribution in [2.45, 2.75) is 20.0 Å². The van der Waals surface area contributed by atoms with Gasteiger partial charge in [-0.15, -0.1) is 0 Å². The first-order chi connectivity index (χ1) is 13.8. The first-order valence-corrected chi connectivity index (χ1v) is 11.9. The molecule has 1 aromatic heterocycles. The third kappa shape index (κ3) is 4.53. The van der Waals surface area contributed by atoms with E-state index in [1.165, 1.54) is 38.1 Å². The van der Waals surface area contributed by atoms with Crippen molar-refractivity contribution in [3.63, 3.8) is 0 Å². The second-order valence-corrected chi connectivity index (χ2v) is 10.7. The summed E-state index contributed by atoms with van der Waals surface area (Å²) in [6, 6.07) is 6.37. The summed E-state index contributed by atoms with van der Waals surface area (Å²) < 4.78 is 89.1. The highest BCUT2D eigenvalue weighted by molar-refractivity contribution is 8.10. The fourth-order valence-electron chi connectivity index (χ4n) is 2.51. The number of hydrogen-bond acceptors (Lipinski definition) is 6. The fourth-order valence-corrected chi connectivity index (χ4v) is 6.17. The third-order valence-corrected chi connectivity index (χ3v) is 8.62. The number of alkyl halides is 3. The van der Waals surface area contributed by atoms with Crippen molar-refractivity contribution in [3.8, 4) is 17.3 Å². The van der Waals surface area contributed by atoms with Crippen LogP contribution >= 0.6 is 11.6 Å². The molecule has 0 aliphatic heterocycles. The van der Waals surface area contributed by atoms with Crippen LogP contribution in [0.2, 0.25) is 5.02 Å². The molecule has 30 heavy (non-hydrogen) atoms. The summed E-state index contributed by atoms with van der Waals surface area (Å²) in [5, 5.41) is 8.53. The average Bonchev–Trinajstić information content (AvgIpc) is 2.66. The molecule has 0 saturated heterocycles. The number of rotatable bonds is 6. The minimum Gasteiger partial charge on any atom is -0.254 e. The molecule has 0 aliphatic rings. The van der Waals surface area contributed by atoms with Crippen molar-refractivity contribution in [1.82, 2.24) is 4.98 Å². The molecule has 0 spiro atoms. The molecule has 162 valence electrons. The van der Waals surface area contributed by atoms with Gasteiger partial charge in [0.2, 0.25) is 20.0 Å². The van der Waals surface area contributed by atoms with Gasteiger partial charge >= 0.3 is 6.18 Å². The monoisotopic (exact) mass is 481 g/mol. The van der Waals surface area contributed by atoms with Crippen molar-refractivity contribution in [3.05, 3.63) is 46.6 Å². The van der Waals surface area contributed by atoms with E-state index in [9.17, 15) is 30.0 Å². The zero-order chi connectivity index (χ0) is 22.9. The molecule has 0 N–H and O–H groups in total. The second-order valence-electron chi connectivity index (χ2n) is 5.87. The van der Waals surface area contributed by atoms with Crippen LogP contribution in [-0.2, 0) is 26.2 Å². The van der Waals surface area contributed by atoms with E-state index in [2.05, 4.69) is 4.98 Å². The first kappa shape index (κ1) is 23.9. The Morgan fingerprint density at radius 2 is 1.70 bits per heavy atom. The summed E-state index contributed by atoms with van der Waals surface area (Å²) in [5.74, 6) is -1.01. The maximum atomic E-state index is 13.1. The molecule has 0 unspecified atom stereocenters. The lowest BCUT2D eigenvalue weighted by Crippen LogP contribution is -2.39. The molecule has 7 nitrogen and oxygen atoms in total. The van der Waals surface area contributed by atoms with E-state index in [0.717, 1.165) is 6.07 Å². The lowest BCUT2D eigenvalue weighted by molar-refractivity contribution is -0.138. The Labute approximate surface area is 176 Å². The van der Waals surface area contributed by atoms with Crippen LogP contribution in [0.25, 0.3) is 11.3 Å². The van der Waals surface area contributed by atoms with Crippen LogP contribution < -0.4 is 3.71 Å². The number of nitriles is 1. The predicted molar refractivity (Wildman–Crippen MR) is 106 cm³/mol. The largest absolute Gasteiger partial charge is 0.419 e. The van der Waals surface area contributed by atoms with Crippen molar-refractivity contribution in [1.29, 1.82) is 5.26 Å². The SMILES string of the molecule is CCS(=O)(=O)N(c1cccc(-c2ncc(C(F)(F)F)c(C#N)c2Cl)c1)S(=O)(=O)CC. The Bertz CT molecular complexity index is 1190. The second kappa shape index (κ2) is 8.41. The summed E-state index contributed by atoms with van der Waals surface area (Å²) in [5.41, 5.74) is -2.62. The minimum atomic E-state index is -4.86. The summed E-state index contributed by atoms with van der Waals surface area (Å²) in [6.45, 7) is 2.54. The molecular weight excluding hydrogens is 467 g/mol. The third-order valence-electron chi connectivity index (χ3n) is 4.00. The Kier molecular flexibility index (Phi) is 6.70. The highest BCUT2D eigenvalue weighted by Gasteiger charge is 2.36. The zero-order valence-corrected chi connectivity index (χ0v) is 18.0. The first-order valence-electron chi connectivity index (χ1n) is 8.32. The Hall–Kier alpha value is -2.36. The highest BCUT2D eigenvalue weighted by atomic mass is 35.5. The van der Waals surface area contributed by atoms with Gasteiger partial charge in [-0.1, -0.05) is 23.7 Å². The van der Waals surface area contributed by atoms with Gasteiger partial charge in [-0.3, -0.25) is 4.98 Å². The van der Waals surface area contributed by atoms with E-state index in [4.69, 9.17) is 16.9 Å². The van der Waals surface area contributed by atoms with E-state index < -0.39 is 53.9 Å². The number of sulfonamides is 2. The predicted octanol–water partition coefficient (Wildman–Crippen LogP) is 3.80. The summed E-state index contributed by atoms with van der Waals surface area (Å²) in [6.07, 6.45) is -4.42. The number of halogens is 4. The van der Waals surface area contributed by atoms with Crippen LogP contribution in [0.15, 0.2) is 30.5 Å². The van der Waals surface area contributed by atoms with Crippen LogP contribution in [0.1, 0.15) is 25.0 Å². The topological polar surface area (TPSA) is 108 Å². The summed E-state index contributed by atoms with van der Waals surface area (Å²) in [7, 11) is -8.48. The number of aromatic nitrogens is 1. The maximum Gasteiger partial charge on any atom is 0.419 e. The molecular formula is C17H15ClF3N3O4S2. The van der Waals surface area contributed by atoms with Crippen molar-refractivity contribution < 1.29 is 30.0 Å². The Balaban J connectivity index is 2.75. The molecule has 0 aliphatic carbocycles. The fraction of sp³-hybridized carbons (Fsp3) is 0.294. The molecule has 1 aromatic carbocycles. The van der Waals surface area contributed by atoms with Gasteiger partial charge in [0.05, 0.1) is 39.0 Å². The minimum absolute atomic E-state index is 0.0327. The quantitative estimate of drug-likeness (QED) is 0.621. The molecule has 0 fully saturated rings. The van der Waals surface area contributed by atoms with Gasteiger partial charge < -0.3 is 0 Å². The molecule has 0 radical (unpaired) electrons. The van der Waals surface area contributed by atoms with E-state index in [1.807, 2.05) is 0 Å². The van der Waals surface area contributed by atoms with Crippen molar-refractivity contribution >= 4 is 37.3 Å². The van der Waals surface area contributed by atoms with Gasteiger partial charge in [0, 0.05) is 11.8 Å². The number of nitrogens with zero attached hydrogens (tertiary/aromatic N) is 3. The molecule has 0 saturated carbocycles. The van der Waals surface area contributed by atoms with Gasteiger partial charge in [0.1, 0.15) is 6.07 Å². The molecule has 0 atom stereocenters.